The molecule has 0 bridgehead atoms. The Labute approximate surface area is 107 Å². The number of benzene rings is 1. The molecule has 2 N–H and O–H groups in total. The second-order valence-electron chi connectivity index (χ2n) is 3.35. The van der Waals surface area contributed by atoms with Gasteiger partial charge in [0, 0.05) is 31.1 Å². The van der Waals surface area contributed by atoms with Gasteiger partial charge in [-0.2, -0.15) is 8.78 Å². The molecule has 0 spiro atoms. The molecule has 6 nitrogen and oxygen atoms in total. The minimum Gasteiger partial charge on any atom is -0.427 e. The SMILES string of the molecule is CN/C=C(\C=N)c1ccc([N+](=O)[O-])c(OC(F)F)c1. The van der Waals surface area contributed by atoms with Gasteiger partial charge in [0.1, 0.15) is 0 Å². The van der Waals surface area contributed by atoms with E-state index in [1.165, 1.54) is 12.3 Å². The van der Waals surface area contributed by atoms with Crippen LogP contribution in [0.2, 0.25) is 0 Å². The quantitative estimate of drug-likeness (QED) is 0.472. The average molecular weight is 271 g/mol. The number of allylic oxidation sites excluding steroid dienone is 1. The van der Waals surface area contributed by atoms with Crippen LogP contribution in [0.5, 0.6) is 5.75 Å². The first-order chi connectivity index (χ1) is 8.99. The topological polar surface area (TPSA) is 88.2 Å². The number of alkyl halides is 2. The van der Waals surface area contributed by atoms with Gasteiger partial charge in [0.2, 0.25) is 5.75 Å². The minimum absolute atomic E-state index is 0.352. The number of ether oxygens (including phenoxy) is 1. The predicted octanol–water partition coefficient (Wildman–Crippen LogP) is 2.41. The lowest BCUT2D eigenvalue weighted by Gasteiger charge is -2.08. The Morgan fingerprint density at radius 1 is 1.58 bits per heavy atom. The second-order valence-corrected chi connectivity index (χ2v) is 3.35. The van der Waals surface area contributed by atoms with Gasteiger partial charge in [-0.15, -0.1) is 0 Å². The van der Waals surface area contributed by atoms with Crippen LogP contribution in [0.1, 0.15) is 5.56 Å². The Kier molecular flexibility index (Phi) is 4.92. The lowest BCUT2D eigenvalue weighted by molar-refractivity contribution is -0.386. The molecule has 1 aromatic carbocycles. The lowest BCUT2D eigenvalue weighted by atomic mass is 10.1. The number of nitro groups is 1. The van der Waals surface area contributed by atoms with Crippen LogP contribution in [-0.2, 0) is 0 Å². The van der Waals surface area contributed by atoms with Crippen LogP contribution in [0, 0.1) is 15.5 Å². The maximum atomic E-state index is 12.2. The fraction of sp³-hybridized carbons (Fsp3) is 0.182. The summed E-state index contributed by atoms with van der Waals surface area (Å²) in [6, 6.07) is 3.50. The zero-order valence-corrected chi connectivity index (χ0v) is 9.89. The third-order valence-corrected chi connectivity index (χ3v) is 2.16. The first-order valence-electron chi connectivity index (χ1n) is 5.11. The van der Waals surface area contributed by atoms with Crippen LogP contribution >= 0.6 is 0 Å². The van der Waals surface area contributed by atoms with Crippen molar-refractivity contribution in [1.82, 2.24) is 5.32 Å². The van der Waals surface area contributed by atoms with Gasteiger partial charge in [-0.3, -0.25) is 10.1 Å². The molecule has 0 radical (unpaired) electrons. The molecule has 1 aromatic rings. The maximum Gasteiger partial charge on any atom is 0.387 e. The Balaban J connectivity index is 3.28. The Morgan fingerprint density at radius 2 is 2.26 bits per heavy atom. The number of nitrogens with zero attached hydrogens (tertiary/aromatic N) is 1. The van der Waals surface area contributed by atoms with Gasteiger partial charge in [-0.05, 0) is 17.7 Å². The third kappa shape index (κ3) is 3.73. The van der Waals surface area contributed by atoms with Crippen molar-refractivity contribution in [3.8, 4) is 5.75 Å². The van der Waals surface area contributed by atoms with Crippen molar-refractivity contribution in [2.24, 2.45) is 0 Å². The van der Waals surface area contributed by atoms with E-state index in [1.54, 1.807) is 7.05 Å². The van der Waals surface area contributed by atoms with Crippen molar-refractivity contribution in [3.63, 3.8) is 0 Å². The number of rotatable bonds is 6. The molecule has 0 amide bonds. The smallest absolute Gasteiger partial charge is 0.387 e. The summed E-state index contributed by atoms with van der Waals surface area (Å²) in [5.74, 6) is -0.540. The zero-order chi connectivity index (χ0) is 14.4. The fourth-order valence-electron chi connectivity index (χ4n) is 1.40. The van der Waals surface area contributed by atoms with Crippen molar-refractivity contribution in [3.05, 3.63) is 40.1 Å². The largest absolute Gasteiger partial charge is 0.427 e. The first-order valence-corrected chi connectivity index (χ1v) is 5.11. The summed E-state index contributed by atoms with van der Waals surface area (Å²) in [5, 5.41) is 20.6. The van der Waals surface area contributed by atoms with Crippen molar-refractivity contribution in [2.75, 3.05) is 7.05 Å². The lowest BCUT2D eigenvalue weighted by Crippen LogP contribution is -2.05. The van der Waals surface area contributed by atoms with E-state index < -0.39 is 23.0 Å². The maximum absolute atomic E-state index is 12.2. The highest BCUT2D eigenvalue weighted by molar-refractivity contribution is 6.08. The van der Waals surface area contributed by atoms with Crippen molar-refractivity contribution in [2.45, 2.75) is 6.61 Å². The van der Waals surface area contributed by atoms with Gasteiger partial charge in [0.05, 0.1) is 4.92 Å². The second kappa shape index (κ2) is 6.43. The number of nitro benzene ring substituents is 1. The highest BCUT2D eigenvalue weighted by atomic mass is 19.3. The molecule has 0 aliphatic heterocycles. The van der Waals surface area contributed by atoms with Crippen LogP contribution in [-0.4, -0.2) is 24.8 Å². The van der Waals surface area contributed by atoms with Crippen LogP contribution in [0.3, 0.4) is 0 Å². The fourth-order valence-corrected chi connectivity index (χ4v) is 1.40. The van der Waals surface area contributed by atoms with Gasteiger partial charge in [-0.1, -0.05) is 0 Å². The predicted molar refractivity (Wildman–Crippen MR) is 65.5 cm³/mol. The van der Waals surface area contributed by atoms with E-state index in [0.29, 0.717) is 11.1 Å². The van der Waals surface area contributed by atoms with E-state index in [0.717, 1.165) is 18.3 Å². The summed E-state index contributed by atoms with van der Waals surface area (Å²) >= 11 is 0. The number of hydrogen-bond donors (Lipinski definition) is 2. The molecular formula is C11H11F2N3O3. The number of halogens is 2. The van der Waals surface area contributed by atoms with Crippen LogP contribution < -0.4 is 10.1 Å². The monoisotopic (exact) mass is 271 g/mol. The van der Waals surface area contributed by atoms with Gasteiger partial charge >= 0.3 is 12.3 Å². The summed E-state index contributed by atoms with van der Waals surface area (Å²) in [4.78, 5) is 9.88. The molecule has 0 fully saturated rings. The molecule has 0 heterocycles. The van der Waals surface area contributed by atoms with E-state index in [2.05, 4.69) is 10.1 Å². The summed E-state index contributed by atoms with van der Waals surface area (Å²) < 4.78 is 28.5. The molecule has 0 saturated heterocycles. The van der Waals surface area contributed by atoms with Crippen LogP contribution in [0.25, 0.3) is 5.57 Å². The van der Waals surface area contributed by atoms with E-state index in [-0.39, 0.29) is 0 Å². The van der Waals surface area contributed by atoms with Crippen LogP contribution in [0.15, 0.2) is 24.4 Å². The third-order valence-electron chi connectivity index (χ3n) is 2.16. The standard InChI is InChI=1S/C11H11F2N3O3/c1-15-6-8(5-14)7-2-3-9(16(17)18)10(4-7)19-11(12)13/h2-6,11,14-15H,1H3/b8-6+,14-5?. The first kappa shape index (κ1) is 14.6. The molecule has 0 unspecified atom stereocenters. The molecule has 0 saturated carbocycles. The summed E-state index contributed by atoms with van der Waals surface area (Å²) in [7, 11) is 1.60. The van der Waals surface area contributed by atoms with E-state index in [1.807, 2.05) is 0 Å². The molecule has 0 atom stereocenters. The van der Waals surface area contributed by atoms with Gasteiger partial charge < -0.3 is 15.5 Å². The molecule has 102 valence electrons. The molecular weight excluding hydrogens is 260 g/mol. The molecule has 0 aliphatic carbocycles. The normalized spacial score (nSPS) is 11.3. The highest BCUT2D eigenvalue weighted by Gasteiger charge is 2.19. The van der Waals surface area contributed by atoms with Gasteiger partial charge in [0.15, 0.2) is 0 Å². The molecule has 19 heavy (non-hydrogen) atoms. The van der Waals surface area contributed by atoms with Crippen molar-refractivity contribution in [1.29, 1.82) is 5.41 Å². The average Bonchev–Trinajstić information content (AvgIpc) is 2.34. The molecule has 0 aliphatic rings. The van der Waals surface area contributed by atoms with Crippen molar-refractivity contribution < 1.29 is 18.4 Å². The molecule has 0 aromatic heterocycles. The molecule has 8 heteroatoms. The molecule has 1 rings (SSSR count). The van der Waals surface area contributed by atoms with Gasteiger partial charge in [-0.25, -0.2) is 0 Å². The summed E-state index contributed by atoms with van der Waals surface area (Å²) in [6.07, 6.45) is 2.45. The summed E-state index contributed by atoms with van der Waals surface area (Å²) in [5.41, 5.74) is 0.167. The van der Waals surface area contributed by atoms with Crippen LogP contribution in [0.4, 0.5) is 14.5 Å². The van der Waals surface area contributed by atoms with Gasteiger partial charge in [0.25, 0.3) is 0 Å². The van der Waals surface area contributed by atoms with E-state index in [4.69, 9.17) is 5.41 Å². The van der Waals surface area contributed by atoms with E-state index >= 15 is 0 Å². The Bertz CT molecular complexity index is 518. The Morgan fingerprint density at radius 3 is 2.74 bits per heavy atom. The Hall–Kier alpha value is -2.51. The van der Waals surface area contributed by atoms with Crippen molar-refractivity contribution >= 4 is 17.5 Å². The number of hydrogen-bond acceptors (Lipinski definition) is 5. The van der Waals surface area contributed by atoms with E-state index in [9.17, 15) is 18.9 Å². The summed E-state index contributed by atoms with van der Waals surface area (Å²) in [6.45, 7) is -3.16. The highest BCUT2D eigenvalue weighted by Crippen LogP contribution is 2.31. The minimum atomic E-state index is -3.16. The zero-order valence-electron chi connectivity index (χ0n) is 9.89. The number of nitrogens with one attached hydrogen (secondary N) is 2.